The smallest absolute Gasteiger partial charge is 0.194 e. The topological polar surface area (TPSA) is 60.3 Å². The molecule has 1 heterocycles. The van der Waals surface area contributed by atoms with Gasteiger partial charge in [0.25, 0.3) is 0 Å². The molecule has 0 amide bonds. The summed E-state index contributed by atoms with van der Waals surface area (Å²) >= 11 is 0. The van der Waals surface area contributed by atoms with E-state index in [1.807, 2.05) is 0 Å². The molecule has 25 heavy (non-hydrogen) atoms. The van der Waals surface area contributed by atoms with Crippen molar-refractivity contribution in [3.8, 4) is 0 Å². The van der Waals surface area contributed by atoms with Gasteiger partial charge in [-0.2, -0.15) is 0 Å². The zero-order valence-electron chi connectivity index (χ0n) is 16.7. The number of rotatable bonds is 10. The first-order chi connectivity index (χ1) is 11.5. The Morgan fingerprint density at radius 2 is 1.96 bits per heavy atom. The molecule has 0 aromatic rings. The summed E-state index contributed by atoms with van der Waals surface area (Å²) in [5, 5.41) is 13.4. The van der Waals surface area contributed by atoms with Crippen molar-refractivity contribution in [2.45, 2.75) is 53.2 Å². The standard InChI is InChI=1S/C18H38N4O2.HI/c1-6-19-18(20-11-17(23)14-24-13-15(4)5)22-10-9-16(12-22)21(7-2)8-3;/h15-17,23H,6-14H2,1-5H3,(H,19,20);1H. The predicted octanol–water partition coefficient (Wildman–Crippen LogP) is 2.02. The molecule has 7 heteroatoms. The van der Waals surface area contributed by atoms with Gasteiger partial charge in [-0.15, -0.1) is 24.0 Å². The van der Waals surface area contributed by atoms with Gasteiger partial charge in [0, 0.05) is 32.3 Å². The minimum absolute atomic E-state index is 0. The number of aliphatic hydroxyl groups is 1. The summed E-state index contributed by atoms with van der Waals surface area (Å²) in [6.07, 6.45) is 0.630. The van der Waals surface area contributed by atoms with Crippen LogP contribution in [-0.4, -0.2) is 85.5 Å². The summed E-state index contributed by atoms with van der Waals surface area (Å²) in [5.74, 6) is 1.40. The van der Waals surface area contributed by atoms with Crippen LogP contribution < -0.4 is 5.32 Å². The lowest BCUT2D eigenvalue weighted by molar-refractivity contribution is 0.0300. The first-order valence-corrected chi connectivity index (χ1v) is 9.54. The van der Waals surface area contributed by atoms with E-state index in [0.29, 0.717) is 31.7 Å². The van der Waals surface area contributed by atoms with Gasteiger partial charge in [-0.3, -0.25) is 9.89 Å². The minimum atomic E-state index is -0.543. The van der Waals surface area contributed by atoms with Crippen molar-refractivity contribution in [1.29, 1.82) is 0 Å². The molecule has 2 atom stereocenters. The summed E-state index contributed by atoms with van der Waals surface area (Å²) in [4.78, 5) is 9.45. The second-order valence-electron chi connectivity index (χ2n) is 6.89. The highest BCUT2D eigenvalue weighted by Gasteiger charge is 2.28. The number of aliphatic imine (C=N–C) groups is 1. The fourth-order valence-corrected chi connectivity index (χ4v) is 3.08. The lowest BCUT2D eigenvalue weighted by Gasteiger charge is -2.27. The van der Waals surface area contributed by atoms with E-state index in [9.17, 15) is 5.11 Å². The van der Waals surface area contributed by atoms with Crippen LogP contribution in [0.25, 0.3) is 0 Å². The second-order valence-corrected chi connectivity index (χ2v) is 6.89. The molecule has 1 fully saturated rings. The van der Waals surface area contributed by atoms with Crippen molar-refractivity contribution < 1.29 is 9.84 Å². The molecule has 0 aliphatic carbocycles. The van der Waals surface area contributed by atoms with Crippen LogP contribution in [0.4, 0.5) is 0 Å². The van der Waals surface area contributed by atoms with Gasteiger partial charge in [-0.25, -0.2) is 0 Å². The molecule has 1 rings (SSSR count). The lowest BCUT2D eigenvalue weighted by atomic mass is 10.2. The van der Waals surface area contributed by atoms with Crippen LogP contribution in [0.2, 0.25) is 0 Å². The Balaban J connectivity index is 0.00000576. The van der Waals surface area contributed by atoms with Gasteiger partial charge < -0.3 is 20.1 Å². The molecular formula is C18H39IN4O2. The van der Waals surface area contributed by atoms with Gasteiger partial charge in [0.2, 0.25) is 0 Å². The van der Waals surface area contributed by atoms with Crippen molar-refractivity contribution >= 4 is 29.9 Å². The number of hydrogen-bond donors (Lipinski definition) is 2. The highest BCUT2D eigenvalue weighted by molar-refractivity contribution is 14.0. The summed E-state index contributed by atoms with van der Waals surface area (Å²) < 4.78 is 5.49. The largest absolute Gasteiger partial charge is 0.389 e. The fourth-order valence-electron chi connectivity index (χ4n) is 3.08. The molecule has 0 radical (unpaired) electrons. The van der Waals surface area contributed by atoms with Gasteiger partial charge in [0.15, 0.2) is 5.96 Å². The highest BCUT2D eigenvalue weighted by Crippen LogP contribution is 2.15. The monoisotopic (exact) mass is 470 g/mol. The molecule has 1 aliphatic heterocycles. The van der Waals surface area contributed by atoms with Crippen LogP contribution in [0.1, 0.15) is 41.0 Å². The summed E-state index contributed by atoms with van der Waals surface area (Å²) in [5.41, 5.74) is 0. The highest BCUT2D eigenvalue weighted by atomic mass is 127. The zero-order valence-corrected chi connectivity index (χ0v) is 19.0. The van der Waals surface area contributed by atoms with E-state index in [0.717, 1.165) is 38.7 Å². The van der Waals surface area contributed by atoms with Gasteiger partial charge >= 0.3 is 0 Å². The van der Waals surface area contributed by atoms with E-state index in [4.69, 9.17) is 4.74 Å². The number of aliphatic hydroxyl groups excluding tert-OH is 1. The molecule has 150 valence electrons. The van der Waals surface area contributed by atoms with E-state index in [1.54, 1.807) is 0 Å². The molecule has 0 saturated carbocycles. The van der Waals surface area contributed by atoms with E-state index in [-0.39, 0.29) is 24.0 Å². The average molecular weight is 470 g/mol. The van der Waals surface area contributed by atoms with Gasteiger partial charge in [0.1, 0.15) is 0 Å². The van der Waals surface area contributed by atoms with Crippen molar-refractivity contribution in [3.05, 3.63) is 0 Å². The number of likely N-dealkylation sites (N-methyl/N-ethyl adjacent to an activating group) is 1. The molecule has 0 aromatic carbocycles. The summed E-state index contributed by atoms with van der Waals surface area (Å²) in [6.45, 7) is 17.2. The first kappa shape index (κ1) is 24.9. The fraction of sp³-hybridized carbons (Fsp3) is 0.944. The third-order valence-corrected chi connectivity index (χ3v) is 4.34. The number of halogens is 1. The number of ether oxygens (including phenoxy) is 1. The Labute approximate surface area is 171 Å². The van der Waals surface area contributed by atoms with Crippen molar-refractivity contribution in [2.24, 2.45) is 10.9 Å². The number of nitrogens with zero attached hydrogens (tertiary/aromatic N) is 3. The Hall–Kier alpha value is -0.120. The van der Waals surface area contributed by atoms with Crippen LogP contribution in [0.5, 0.6) is 0 Å². The molecule has 0 aromatic heterocycles. The molecule has 1 saturated heterocycles. The normalized spacial score (nSPS) is 19.4. The zero-order chi connectivity index (χ0) is 17.9. The molecular weight excluding hydrogens is 431 g/mol. The van der Waals surface area contributed by atoms with Crippen LogP contribution in [0, 0.1) is 5.92 Å². The van der Waals surface area contributed by atoms with Crippen LogP contribution in [0.3, 0.4) is 0 Å². The minimum Gasteiger partial charge on any atom is -0.389 e. The Bertz CT molecular complexity index is 365. The van der Waals surface area contributed by atoms with Crippen molar-refractivity contribution in [3.63, 3.8) is 0 Å². The van der Waals surface area contributed by atoms with Crippen molar-refractivity contribution in [1.82, 2.24) is 15.1 Å². The maximum absolute atomic E-state index is 10.1. The molecule has 0 bridgehead atoms. The van der Waals surface area contributed by atoms with E-state index in [2.05, 4.69) is 54.7 Å². The predicted molar refractivity (Wildman–Crippen MR) is 116 cm³/mol. The average Bonchev–Trinajstić information content (AvgIpc) is 3.02. The Kier molecular flexibility index (Phi) is 13.9. The number of likely N-dealkylation sites (tertiary alicyclic amines) is 1. The molecule has 2 N–H and O–H groups in total. The molecule has 6 nitrogen and oxygen atoms in total. The second kappa shape index (κ2) is 14.0. The van der Waals surface area contributed by atoms with Crippen molar-refractivity contribution in [2.75, 3.05) is 52.5 Å². The van der Waals surface area contributed by atoms with Gasteiger partial charge in [-0.05, 0) is 32.4 Å². The van der Waals surface area contributed by atoms with Gasteiger partial charge in [-0.1, -0.05) is 27.7 Å². The van der Waals surface area contributed by atoms with Crippen LogP contribution >= 0.6 is 24.0 Å². The van der Waals surface area contributed by atoms with E-state index >= 15 is 0 Å². The Morgan fingerprint density at radius 1 is 1.28 bits per heavy atom. The lowest BCUT2D eigenvalue weighted by Crippen LogP contribution is -2.43. The van der Waals surface area contributed by atoms with Crippen LogP contribution in [-0.2, 0) is 4.74 Å². The number of nitrogens with one attached hydrogen (secondary N) is 1. The molecule has 2 unspecified atom stereocenters. The summed E-state index contributed by atoms with van der Waals surface area (Å²) in [6, 6.07) is 0.600. The van der Waals surface area contributed by atoms with Gasteiger partial charge in [0.05, 0.1) is 19.3 Å². The number of hydrogen-bond acceptors (Lipinski definition) is 4. The van der Waals surface area contributed by atoms with E-state index < -0.39 is 6.10 Å². The number of guanidine groups is 1. The summed E-state index contributed by atoms with van der Waals surface area (Å²) in [7, 11) is 0. The van der Waals surface area contributed by atoms with Crippen LogP contribution in [0.15, 0.2) is 4.99 Å². The first-order valence-electron chi connectivity index (χ1n) is 9.54. The maximum Gasteiger partial charge on any atom is 0.194 e. The third kappa shape index (κ3) is 9.40. The molecule has 1 aliphatic rings. The maximum atomic E-state index is 10.1. The Morgan fingerprint density at radius 3 is 2.52 bits per heavy atom. The molecule has 0 spiro atoms. The van der Waals surface area contributed by atoms with E-state index in [1.165, 1.54) is 6.42 Å². The quantitative estimate of drug-likeness (QED) is 0.291. The SMILES string of the molecule is CCNC(=NCC(O)COCC(C)C)N1CCC(N(CC)CC)C1.I. The third-order valence-electron chi connectivity index (χ3n) is 4.34.